The summed E-state index contributed by atoms with van der Waals surface area (Å²) < 4.78 is 6.06. The second-order valence-corrected chi connectivity index (χ2v) is 9.89. The lowest BCUT2D eigenvalue weighted by Crippen LogP contribution is -2.37. The molecule has 36 heavy (non-hydrogen) atoms. The maximum Gasteiger partial charge on any atom is 0.262 e. The molecular weight excluding hydrogens is 452 g/mol. The van der Waals surface area contributed by atoms with E-state index in [0.717, 1.165) is 59.5 Å². The summed E-state index contributed by atoms with van der Waals surface area (Å²) in [5.74, 6) is 0.00820. The van der Waals surface area contributed by atoms with Crippen molar-refractivity contribution in [2.75, 3.05) is 19.0 Å². The molecule has 0 aromatic heterocycles. The first-order chi connectivity index (χ1) is 17.4. The minimum atomic E-state index is -0.454. The summed E-state index contributed by atoms with van der Waals surface area (Å²) in [7, 11) is 1.98. The third kappa shape index (κ3) is 4.25. The van der Waals surface area contributed by atoms with Crippen LogP contribution in [-0.4, -0.2) is 36.0 Å². The molecule has 2 aliphatic carbocycles. The lowest BCUT2D eigenvalue weighted by molar-refractivity contribution is -0.119. The average Bonchev–Trinajstić information content (AvgIpc) is 2.87. The molecule has 6 nitrogen and oxygen atoms in total. The third-order valence-corrected chi connectivity index (χ3v) is 7.71. The molecule has 1 N–H and O–H groups in total. The summed E-state index contributed by atoms with van der Waals surface area (Å²) in [5, 5.41) is 2.93. The van der Waals surface area contributed by atoms with Crippen LogP contribution >= 0.6 is 0 Å². The van der Waals surface area contributed by atoms with Gasteiger partial charge in [0.25, 0.3) is 5.91 Å². The SMILES string of the molecule is Cc1cccc(NC(=O)COc2ccccc2C2C3=C(CCCC3=O)N(C)C3=C2C(=O)CCC3)c1C. The van der Waals surface area contributed by atoms with Crippen LogP contribution in [-0.2, 0) is 14.4 Å². The summed E-state index contributed by atoms with van der Waals surface area (Å²) in [6, 6.07) is 13.3. The van der Waals surface area contributed by atoms with Crippen LogP contribution in [0.15, 0.2) is 65.0 Å². The fourth-order valence-corrected chi connectivity index (χ4v) is 5.73. The first-order valence-corrected chi connectivity index (χ1v) is 12.7. The number of anilines is 1. The molecule has 0 bridgehead atoms. The number of ether oxygens (including phenoxy) is 1. The quantitative estimate of drug-likeness (QED) is 0.618. The highest BCUT2D eigenvalue weighted by atomic mass is 16.5. The molecule has 0 unspecified atom stereocenters. The van der Waals surface area contributed by atoms with Gasteiger partial charge in [0.05, 0.1) is 0 Å². The van der Waals surface area contributed by atoms with Gasteiger partial charge in [-0.05, 0) is 62.8 Å². The monoisotopic (exact) mass is 484 g/mol. The molecule has 1 heterocycles. The van der Waals surface area contributed by atoms with Crippen molar-refractivity contribution in [3.63, 3.8) is 0 Å². The lowest BCUT2D eigenvalue weighted by Gasteiger charge is -2.42. The van der Waals surface area contributed by atoms with Gasteiger partial charge in [0, 0.05) is 59.6 Å². The topological polar surface area (TPSA) is 75.7 Å². The molecule has 186 valence electrons. The van der Waals surface area contributed by atoms with Gasteiger partial charge in [0.15, 0.2) is 18.2 Å². The van der Waals surface area contributed by atoms with E-state index in [2.05, 4.69) is 10.2 Å². The number of carbonyl (C=O) groups excluding carboxylic acids is 3. The molecule has 1 amide bonds. The Bertz CT molecular complexity index is 1280. The van der Waals surface area contributed by atoms with Crippen LogP contribution in [0.2, 0.25) is 0 Å². The van der Waals surface area contributed by atoms with Crippen LogP contribution in [0.25, 0.3) is 0 Å². The van der Waals surface area contributed by atoms with E-state index in [-0.39, 0.29) is 24.1 Å². The van der Waals surface area contributed by atoms with Crippen molar-refractivity contribution in [2.45, 2.75) is 58.3 Å². The third-order valence-electron chi connectivity index (χ3n) is 7.71. The standard InChI is InChI=1S/C30H32N2O4/c1-18-9-6-11-21(19(18)2)31-27(35)17-36-26-16-5-4-10-20(26)28-29-22(12-7-14-24(29)33)32(3)23-13-8-15-25(34)30(23)28/h4-6,9-11,16,28H,7-8,12-15,17H2,1-3H3,(H,31,35). The van der Waals surface area contributed by atoms with Gasteiger partial charge >= 0.3 is 0 Å². The van der Waals surface area contributed by atoms with E-state index in [4.69, 9.17) is 4.74 Å². The predicted molar refractivity (Wildman–Crippen MR) is 139 cm³/mol. The minimum Gasteiger partial charge on any atom is -0.483 e. The second-order valence-electron chi connectivity index (χ2n) is 9.89. The van der Waals surface area contributed by atoms with Gasteiger partial charge < -0.3 is 15.0 Å². The average molecular weight is 485 g/mol. The molecule has 0 saturated carbocycles. The number of Topliss-reactive ketones (excluding diaryl/α,β-unsaturated/α-hetero) is 2. The molecule has 3 aliphatic rings. The van der Waals surface area contributed by atoms with Crippen LogP contribution in [0, 0.1) is 13.8 Å². The number of rotatable bonds is 5. The van der Waals surface area contributed by atoms with Gasteiger partial charge in [-0.25, -0.2) is 0 Å². The summed E-state index contributed by atoms with van der Waals surface area (Å²) in [5.41, 5.74) is 7.13. The van der Waals surface area contributed by atoms with E-state index in [1.807, 2.05) is 63.4 Å². The Kier molecular flexibility index (Phi) is 6.52. The number of nitrogens with one attached hydrogen (secondary N) is 1. The van der Waals surface area contributed by atoms with Crippen molar-refractivity contribution < 1.29 is 19.1 Å². The van der Waals surface area contributed by atoms with Crippen LogP contribution in [0.1, 0.15) is 61.1 Å². The fourth-order valence-electron chi connectivity index (χ4n) is 5.73. The Hall–Kier alpha value is -3.67. The van der Waals surface area contributed by atoms with Crippen LogP contribution in [0.4, 0.5) is 5.69 Å². The zero-order chi connectivity index (χ0) is 25.4. The molecule has 0 radical (unpaired) electrons. The van der Waals surface area contributed by atoms with E-state index in [1.54, 1.807) is 0 Å². The molecule has 0 fully saturated rings. The first kappa shape index (κ1) is 24.0. The highest BCUT2D eigenvalue weighted by Crippen LogP contribution is 2.50. The number of allylic oxidation sites excluding steroid dienone is 4. The van der Waals surface area contributed by atoms with E-state index < -0.39 is 5.92 Å². The Morgan fingerprint density at radius 1 is 0.917 bits per heavy atom. The van der Waals surface area contributed by atoms with Crippen molar-refractivity contribution >= 4 is 23.2 Å². The second kappa shape index (κ2) is 9.76. The zero-order valence-corrected chi connectivity index (χ0v) is 21.1. The lowest BCUT2D eigenvalue weighted by atomic mass is 9.71. The number of benzene rings is 2. The molecule has 5 rings (SSSR count). The fraction of sp³-hybridized carbons (Fsp3) is 0.367. The number of nitrogens with zero attached hydrogens (tertiary/aromatic N) is 1. The first-order valence-electron chi connectivity index (χ1n) is 12.7. The van der Waals surface area contributed by atoms with E-state index >= 15 is 0 Å². The van der Waals surface area contributed by atoms with Crippen LogP contribution < -0.4 is 10.1 Å². The number of amides is 1. The van der Waals surface area contributed by atoms with Gasteiger partial charge in [-0.2, -0.15) is 0 Å². The van der Waals surface area contributed by atoms with Crippen LogP contribution in [0.3, 0.4) is 0 Å². The molecule has 0 spiro atoms. The minimum absolute atomic E-state index is 0.0977. The summed E-state index contributed by atoms with van der Waals surface area (Å²) in [6.07, 6.45) is 4.26. The summed E-state index contributed by atoms with van der Waals surface area (Å²) >= 11 is 0. The maximum absolute atomic E-state index is 13.3. The highest BCUT2D eigenvalue weighted by molar-refractivity contribution is 6.06. The summed E-state index contributed by atoms with van der Waals surface area (Å²) in [4.78, 5) is 41.4. The Morgan fingerprint density at radius 3 is 2.22 bits per heavy atom. The molecule has 6 heteroatoms. The molecule has 2 aromatic carbocycles. The van der Waals surface area contributed by atoms with Gasteiger partial charge in [-0.1, -0.05) is 30.3 Å². The molecule has 0 atom stereocenters. The number of para-hydroxylation sites is 1. The van der Waals surface area contributed by atoms with E-state index in [9.17, 15) is 14.4 Å². The molecule has 0 saturated heterocycles. The van der Waals surface area contributed by atoms with E-state index in [0.29, 0.717) is 29.7 Å². The number of carbonyl (C=O) groups is 3. The van der Waals surface area contributed by atoms with Crippen molar-refractivity contribution in [3.8, 4) is 5.75 Å². The molecular formula is C30H32N2O4. The Labute approximate surface area is 212 Å². The highest BCUT2D eigenvalue weighted by Gasteiger charge is 2.43. The Balaban J connectivity index is 1.48. The Morgan fingerprint density at radius 2 is 1.56 bits per heavy atom. The van der Waals surface area contributed by atoms with Gasteiger partial charge in [-0.3, -0.25) is 14.4 Å². The number of ketones is 2. The number of hydrogen-bond acceptors (Lipinski definition) is 5. The number of aryl methyl sites for hydroxylation is 1. The van der Waals surface area contributed by atoms with Gasteiger partial charge in [-0.15, -0.1) is 0 Å². The van der Waals surface area contributed by atoms with E-state index in [1.165, 1.54) is 0 Å². The van der Waals surface area contributed by atoms with Crippen molar-refractivity contribution in [3.05, 3.63) is 81.7 Å². The normalized spacial score (nSPS) is 18.2. The van der Waals surface area contributed by atoms with Gasteiger partial charge in [0.1, 0.15) is 5.75 Å². The number of hydrogen-bond donors (Lipinski definition) is 1. The van der Waals surface area contributed by atoms with Crippen molar-refractivity contribution in [1.82, 2.24) is 4.90 Å². The van der Waals surface area contributed by atoms with Crippen molar-refractivity contribution in [2.24, 2.45) is 0 Å². The maximum atomic E-state index is 13.3. The van der Waals surface area contributed by atoms with Crippen molar-refractivity contribution in [1.29, 1.82) is 0 Å². The predicted octanol–water partition coefficient (Wildman–Crippen LogP) is 5.36. The van der Waals surface area contributed by atoms with Crippen LogP contribution in [0.5, 0.6) is 5.75 Å². The zero-order valence-electron chi connectivity index (χ0n) is 21.1. The smallest absolute Gasteiger partial charge is 0.262 e. The van der Waals surface area contributed by atoms with Gasteiger partial charge in [0.2, 0.25) is 0 Å². The summed E-state index contributed by atoms with van der Waals surface area (Å²) in [6.45, 7) is 3.81. The molecule has 2 aromatic rings. The largest absolute Gasteiger partial charge is 0.483 e. The molecule has 1 aliphatic heterocycles.